The number of esters is 1. The molecule has 0 aliphatic carbocycles. The minimum absolute atomic E-state index is 0.0544. The molecule has 0 aliphatic rings. The Labute approximate surface area is 132 Å². The van der Waals surface area contributed by atoms with Crippen LogP contribution in [0.4, 0.5) is 0 Å². The van der Waals surface area contributed by atoms with E-state index < -0.39 is 5.97 Å². The SMILES string of the molecule is CCOC(=O)c1c(O)cccc1Oc1nc(OC)cc(OC)n1. The van der Waals surface area contributed by atoms with Gasteiger partial charge in [0.05, 0.1) is 26.9 Å². The summed E-state index contributed by atoms with van der Waals surface area (Å²) >= 11 is 0. The molecule has 0 spiro atoms. The highest BCUT2D eigenvalue weighted by Gasteiger charge is 2.20. The topological polar surface area (TPSA) is 100 Å². The van der Waals surface area contributed by atoms with Crippen LogP contribution in [0.15, 0.2) is 24.3 Å². The predicted molar refractivity (Wildman–Crippen MR) is 79.3 cm³/mol. The number of ether oxygens (including phenoxy) is 4. The lowest BCUT2D eigenvalue weighted by molar-refractivity contribution is 0.0520. The molecule has 0 fully saturated rings. The first-order valence-corrected chi connectivity index (χ1v) is 6.73. The number of carbonyl (C=O) groups is 1. The van der Waals surface area contributed by atoms with Crippen LogP contribution in [0, 0.1) is 0 Å². The van der Waals surface area contributed by atoms with E-state index in [1.165, 1.54) is 38.5 Å². The van der Waals surface area contributed by atoms with Crippen molar-refractivity contribution in [2.45, 2.75) is 6.92 Å². The van der Waals surface area contributed by atoms with Crippen molar-refractivity contribution in [2.75, 3.05) is 20.8 Å². The number of nitrogens with zero attached hydrogens (tertiary/aromatic N) is 2. The van der Waals surface area contributed by atoms with Crippen LogP contribution >= 0.6 is 0 Å². The van der Waals surface area contributed by atoms with Crippen LogP contribution in [0.2, 0.25) is 0 Å². The number of phenols is 1. The van der Waals surface area contributed by atoms with E-state index >= 15 is 0 Å². The summed E-state index contributed by atoms with van der Waals surface area (Å²) in [6, 6.07) is 5.73. The van der Waals surface area contributed by atoms with E-state index in [4.69, 9.17) is 18.9 Å². The molecule has 0 unspecified atom stereocenters. The number of benzene rings is 1. The molecule has 0 saturated heterocycles. The number of hydrogen-bond donors (Lipinski definition) is 1. The fourth-order valence-corrected chi connectivity index (χ4v) is 1.75. The normalized spacial score (nSPS) is 10.0. The average molecular weight is 320 g/mol. The van der Waals surface area contributed by atoms with E-state index in [2.05, 4.69) is 9.97 Å². The summed E-state index contributed by atoms with van der Waals surface area (Å²) in [5.74, 6) is -0.473. The van der Waals surface area contributed by atoms with Gasteiger partial charge in [0.15, 0.2) is 0 Å². The smallest absolute Gasteiger partial charge is 0.345 e. The van der Waals surface area contributed by atoms with Gasteiger partial charge in [0.2, 0.25) is 11.8 Å². The Balaban J connectivity index is 2.40. The molecule has 8 nitrogen and oxygen atoms in total. The molecular formula is C15H16N2O6. The third-order valence-electron chi connectivity index (χ3n) is 2.76. The van der Waals surface area contributed by atoms with Crippen LogP contribution in [0.1, 0.15) is 17.3 Å². The summed E-state index contributed by atoms with van der Waals surface area (Å²) in [7, 11) is 2.87. The fourth-order valence-electron chi connectivity index (χ4n) is 1.75. The highest BCUT2D eigenvalue weighted by atomic mass is 16.5. The first kappa shape index (κ1) is 16.3. The molecule has 1 aromatic carbocycles. The zero-order chi connectivity index (χ0) is 16.8. The van der Waals surface area contributed by atoms with E-state index in [0.29, 0.717) is 0 Å². The van der Waals surface area contributed by atoms with E-state index in [9.17, 15) is 9.90 Å². The number of methoxy groups -OCH3 is 2. The predicted octanol–water partition coefficient (Wildman–Crippen LogP) is 2.17. The molecule has 8 heteroatoms. The second-order valence-corrected chi connectivity index (χ2v) is 4.21. The summed E-state index contributed by atoms with van der Waals surface area (Å²) in [5.41, 5.74) is -0.111. The fraction of sp³-hybridized carbons (Fsp3) is 0.267. The zero-order valence-corrected chi connectivity index (χ0v) is 12.9. The van der Waals surface area contributed by atoms with Gasteiger partial charge in [-0.2, -0.15) is 9.97 Å². The lowest BCUT2D eigenvalue weighted by Crippen LogP contribution is -2.07. The van der Waals surface area contributed by atoms with E-state index in [1.807, 2.05) is 0 Å². The summed E-state index contributed by atoms with van der Waals surface area (Å²) in [5, 5.41) is 9.90. The van der Waals surface area contributed by atoms with Crippen molar-refractivity contribution in [3.63, 3.8) is 0 Å². The van der Waals surface area contributed by atoms with Gasteiger partial charge in [-0.05, 0) is 19.1 Å². The molecule has 122 valence electrons. The van der Waals surface area contributed by atoms with Crippen molar-refractivity contribution >= 4 is 5.97 Å². The van der Waals surface area contributed by atoms with Crippen LogP contribution in [0.3, 0.4) is 0 Å². The maximum Gasteiger partial charge on any atom is 0.345 e. The molecule has 2 rings (SSSR count). The molecule has 1 aromatic heterocycles. The average Bonchev–Trinajstić information content (AvgIpc) is 2.54. The first-order valence-electron chi connectivity index (χ1n) is 6.73. The molecule has 0 saturated carbocycles. The van der Waals surface area contributed by atoms with Crippen LogP contribution in [0.25, 0.3) is 0 Å². The molecule has 0 atom stereocenters. The van der Waals surface area contributed by atoms with Crippen LogP contribution in [-0.2, 0) is 4.74 Å². The number of aromatic hydroxyl groups is 1. The molecule has 23 heavy (non-hydrogen) atoms. The minimum Gasteiger partial charge on any atom is -0.507 e. The van der Waals surface area contributed by atoms with Gasteiger partial charge in [0.25, 0.3) is 0 Å². The maximum atomic E-state index is 12.0. The van der Waals surface area contributed by atoms with Crippen molar-refractivity contribution < 1.29 is 28.8 Å². The lowest BCUT2D eigenvalue weighted by Gasteiger charge is -2.11. The summed E-state index contributed by atoms with van der Waals surface area (Å²) < 4.78 is 20.5. The van der Waals surface area contributed by atoms with Gasteiger partial charge in [-0.3, -0.25) is 0 Å². The van der Waals surface area contributed by atoms with Crippen LogP contribution in [-0.4, -0.2) is 41.9 Å². The molecule has 0 bridgehead atoms. The molecular weight excluding hydrogens is 304 g/mol. The second kappa shape index (κ2) is 7.30. The highest BCUT2D eigenvalue weighted by Crippen LogP contribution is 2.32. The number of hydrogen-bond acceptors (Lipinski definition) is 8. The lowest BCUT2D eigenvalue weighted by atomic mass is 10.2. The van der Waals surface area contributed by atoms with Crippen molar-refractivity contribution in [2.24, 2.45) is 0 Å². The number of carbonyl (C=O) groups excluding carboxylic acids is 1. The Bertz CT molecular complexity index is 682. The Hall–Kier alpha value is -3.03. The Morgan fingerprint density at radius 1 is 1.17 bits per heavy atom. The minimum atomic E-state index is -0.713. The number of aromatic nitrogens is 2. The Morgan fingerprint density at radius 2 is 1.83 bits per heavy atom. The maximum absolute atomic E-state index is 12.0. The quantitative estimate of drug-likeness (QED) is 0.808. The molecule has 2 aromatic rings. The van der Waals surface area contributed by atoms with Crippen molar-refractivity contribution in [3.8, 4) is 29.3 Å². The van der Waals surface area contributed by atoms with Gasteiger partial charge in [0, 0.05) is 0 Å². The highest BCUT2D eigenvalue weighted by molar-refractivity contribution is 5.95. The van der Waals surface area contributed by atoms with Crippen molar-refractivity contribution in [1.82, 2.24) is 9.97 Å². The van der Waals surface area contributed by atoms with Gasteiger partial charge in [-0.15, -0.1) is 0 Å². The van der Waals surface area contributed by atoms with Crippen LogP contribution < -0.4 is 14.2 Å². The van der Waals surface area contributed by atoms with Gasteiger partial charge >= 0.3 is 12.0 Å². The van der Waals surface area contributed by atoms with E-state index in [0.717, 1.165) is 0 Å². The molecule has 1 heterocycles. The Morgan fingerprint density at radius 3 is 2.39 bits per heavy atom. The van der Waals surface area contributed by atoms with Gasteiger partial charge < -0.3 is 24.1 Å². The van der Waals surface area contributed by atoms with Crippen LogP contribution in [0.5, 0.6) is 29.3 Å². The molecule has 0 aliphatic heterocycles. The molecule has 0 radical (unpaired) electrons. The summed E-state index contributed by atoms with van der Waals surface area (Å²) in [6.07, 6.45) is 0. The third kappa shape index (κ3) is 3.79. The third-order valence-corrected chi connectivity index (χ3v) is 2.76. The van der Waals surface area contributed by atoms with Crippen molar-refractivity contribution in [1.29, 1.82) is 0 Å². The molecule has 0 amide bonds. The molecule has 1 N–H and O–H groups in total. The zero-order valence-electron chi connectivity index (χ0n) is 12.9. The number of phenolic OH excluding ortho intramolecular Hbond substituents is 1. The largest absolute Gasteiger partial charge is 0.507 e. The van der Waals surface area contributed by atoms with Gasteiger partial charge in [0.1, 0.15) is 17.1 Å². The van der Waals surface area contributed by atoms with Gasteiger partial charge in [-0.25, -0.2) is 4.79 Å². The van der Waals surface area contributed by atoms with Gasteiger partial charge in [-0.1, -0.05) is 6.07 Å². The second-order valence-electron chi connectivity index (χ2n) is 4.21. The van der Waals surface area contributed by atoms with Crippen molar-refractivity contribution in [3.05, 3.63) is 29.8 Å². The Kier molecular flexibility index (Phi) is 5.19. The van der Waals surface area contributed by atoms with E-state index in [1.54, 1.807) is 6.92 Å². The number of rotatable bonds is 6. The summed E-state index contributed by atoms with van der Waals surface area (Å²) in [6.45, 7) is 1.82. The standard InChI is InChI=1S/C15H16N2O6/c1-4-22-14(19)13-9(18)6-5-7-10(13)23-15-16-11(20-2)8-12(17-15)21-3/h5-8,18H,4H2,1-3H3. The first-order chi connectivity index (χ1) is 11.1. The van der Waals surface area contributed by atoms with E-state index in [-0.39, 0.29) is 41.4 Å². The monoisotopic (exact) mass is 320 g/mol. The summed E-state index contributed by atoms with van der Waals surface area (Å²) in [4.78, 5) is 20.0.